The van der Waals surface area contributed by atoms with Gasteiger partial charge in [0.15, 0.2) is 0 Å². The zero-order chi connectivity index (χ0) is 29.6. The molecule has 6 rings (SSSR count). The van der Waals surface area contributed by atoms with E-state index in [4.69, 9.17) is 0 Å². The Kier molecular flexibility index (Phi) is 9.75. The molecule has 0 radical (unpaired) electrons. The normalized spacial score (nSPS) is 30.3. The van der Waals surface area contributed by atoms with Crippen LogP contribution in [-0.2, 0) is 23.1 Å². The maximum Gasteiger partial charge on any atom is 0.307 e. The number of aryl methyl sites for hydroxylation is 1. The highest BCUT2D eigenvalue weighted by Crippen LogP contribution is 2.56. The van der Waals surface area contributed by atoms with Crippen LogP contribution in [0.2, 0.25) is 0 Å². The quantitative estimate of drug-likeness (QED) is 0.229. The molecule has 4 aliphatic rings. The number of aromatic hydroxyl groups is 1. The van der Waals surface area contributed by atoms with Gasteiger partial charge in [-0.3, -0.25) is 4.79 Å². The number of unbranched alkanes of at least 4 members (excludes halogenated alkanes) is 3. The lowest BCUT2D eigenvalue weighted by atomic mass is 9.51. The molecule has 0 aromatic heterocycles. The van der Waals surface area contributed by atoms with Crippen molar-refractivity contribution in [1.29, 1.82) is 0 Å². The van der Waals surface area contributed by atoms with Gasteiger partial charge in [-0.2, -0.15) is 0 Å². The molecule has 4 aliphatic carbocycles. The summed E-state index contributed by atoms with van der Waals surface area (Å²) in [7, 11) is 0. The van der Waals surface area contributed by atoms with Crippen molar-refractivity contribution < 1.29 is 15.0 Å². The molecule has 1 saturated carbocycles. The van der Waals surface area contributed by atoms with E-state index in [0.29, 0.717) is 29.9 Å². The molecule has 1 spiro atoms. The number of phenolic OH excluding ortho intramolecular Hbond substituents is 1. The minimum Gasteiger partial charge on any atom is -0.508 e. The molecule has 2 aromatic carbocycles. The second kappa shape index (κ2) is 13.9. The number of carboxylic acids is 1. The molecule has 6 atom stereocenters. The summed E-state index contributed by atoms with van der Waals surface area (Å²) in [6.45, 7) is 0. The van der Waals surface area contributed by atoms with Crippen molar-refractivity contribution in [1.82, 2.24) is 0 Å². The number of hydrogen-bond donors (Lipinski definition) is 2. The molecule has 3 heteroatoms. The minimum absolute atomic E-state index is 0.251. The summed E-state index contributed by atoms with van der Waals surface area (Å²) in [5.74, 6) is 1.47. The molecule has 0 aliphatic heterocycles. The number of aliphatic carboxylic acids is 1. The number of allylic oxidation sites excluding steroid dienone is 4. The monoisotopic (exact) mass is 580 g/mol. The van der Waals surface area contributed by atoms with Crippen molar-refractivity contribution in [2.24, 2.45) is 23.7 Å². The lowest BCUT2D eigenvalue weighted by molar-refractivity contribution is -0.146. The van der Waals surface area contributed by atoms with Crippen molar-refractivity contribution in [2.45, 2.75) is 120 Å². The van der Waals surface area contributed by atoms with Crippen LogP contribution in [0.15, 0.2) is 66.8 Å². The fourth-order valence-corrected chi connectivity index (χ4v) is 9.56. The second-order valence-corrected chi connectivity index (χ2v) is 14.3. The fraction of sp³-hybridized carbons (Fsp3) is 0.575. The Hall–Kier alpha value is -2.81. The van der Waals surface area contributed by atoms with Gasteiger partial charge in [0.05, 0.1) is 5.92 Å². The Bertz CT molecular complexity index is 1290. The summed E-state index contributed by atoms with van der Waals surface area (Å²) >= 11 is 0. The SMILES string of the molecule is O=C(O)[C@@H]1CC=CC[C@H](CCCCCC[C@H]2C=CCC2)[C@H](c2ccc(O)cc2)Cc2ccc3c(c2)[C@@]12CCCC[C@@H]2CC3. The number of fused-ring (bicyclic) bond motifs is 1. The van der Waals surface area contributed by atoms with Gasteiger partial charge in [-0.05, 0) is 129 Å². The standard InChI is InChI=1S/C40H52O3/c41-35-24-21-32(22-25-35)36-27-30-18-19-33-20-23-34-16-9-10-26-40(34,38(33)28-30)37(39(42)43)17-8-7-15-31(36)14-4-2-1-3-11-29-12-5-6-13-29/h5,7-8,12,18-19,21-22,24-25,28-29,31,34,36-37,41H,1-4,6,9-11,13-17,20,23,26-27H2,(H,42,43)/t29-,31-,34+,36+,37-,40+/m0/s1. The zero-order valence-electron chi connectivity index (χ0n) is 26.1. The van der Waals surface area contributed by atoms with E-state index in [0.717, 1.165) is 50.9 Å². The summed E-state index contributed by atoms with van der Waals surface area (Å²) in [6, 6.07) is 15.1. The van der Waals surface area contributed by atoms with Crippen LogP contribution < -0.4 is 0 Å². The zero-order valence-corrected chi connectivity index (χ0v) is 26.1. The minimum atomic E-state index is -0.613. The average Bonchev–Trinajstić information content (AvgIpc) is 3.54. The number of benzene rings is 2. The third-order valence-electron chi connectivity index (χ3n) is 11.8. The van der Waals surface area contributed by atoms with Gasteiger partial charge < -0.3 is 10.2 Å². The lowest BCUT2D eigenvalue weighted by Gasteiger charge is -2.52. The molecule has 230 valence electrons. The topological polar surface area (TPSA) is 57.5 Å². The number of rotatable bonds is 9. The van der Waals surface area contributed by atoms with Gasteiger partial charge in [0.25, 0.3) is 0 Å². The van der Waals surface area contributed by atoms with Gasteiger partial charge in [-0.25, -0.2) is 0 Å². The average molecular weight is 581 g/mol. The van der Waals surface area contributed by atoms with Crippen LogP contribution in [0.3, 0.4) is 0 Å². The maximum atomic E-state index is 13.0. The second-order valence-electron chi connectivity index (χ2n) is 14.3. The summed E-state index contributed by atoms with van der Waals surface area (Å²) < 4.78 is 0. The number of phenols is 1. The molecule has 2 aromatic rings. The van der Waals surface area contributed by atoms with E-state index in [1.807, 2.05) is 12.1 Å². The molecular weight excluding hydrogens is 528 g/mol. The first-order chi connectivity index (χ1) is 21.0. The summed E-state index contributed by atoms with van der Waals surface area (Å²) in [5, 5.41) is 20.8. The number of carboxylic acid groups (broad SMARTS) is 1. The van der Waals surface area contributed by atoms with Gasteiger partial charge in [0.2, 0.25) is 0 Å². The van der Waals surface area contributed by atoms with Crippen molar-refractivity contribution in [3.8, 4) is 5.75 Å². The van der Waals surface area contributed by atoms with Crippen molar-refractivity contribution in [3.63, 3.8) is 0 Å². The van der Waals surface area contributed by atoms with Crippen LogP contribution >= 0.6 is 0 Å². The van der Waals surface area contributed by atoms with Gasteiger partial charge in [0, 0.05) is 5.41 Å². The summed E-state index contributed by atoms with van der Waals surface area (Å²) in [6.07, 6.45) is 28.9. The Balaban J connectivity index is 1.28. The smallest absolute Gasteiger partial charge is 0.307 e. The highest BCUT2D eigenvalue weighted by atomic mass is 16.4. The molecule has 3 nitrogen and oxygen atoms in total. The molecule has 0 amide bonds. The Morgan fingerprint density at radius 2 is 1.67 bits per heavy atom. The third-order valence-corrected chi connectivity index (χ3v) is 11.8. The predicted octanol–water partition coefficient (Wildman–Crippen LogP) is 10.1. The van der Waals surface area contributed by atoms with E-state index < -0.39 is 5.97 Å². The van der Waals surface area contributed by atoms with E-state index in [2.05, 4.69) is 54.6 Å². The lowest BCUT2D eigenvalue weighted by Crippen LogP contribution is -2.50. The highest BCUT2D eigenvalue weighted by Gasteiger charge is 2.52. The van der Waals surface area contributed by atoms with E-state index >= 15 is 0 Å². The Morgan fingerprint density at radius 3 is 2.47 bits per heavy atom. The molecule has 0 saturated heterocycles. The van der Waals surface area contributed by atoms with Crippen molar-refractivity contribution >= 4 is 5.97 Å². The van der Waals surface area contributed by atoms with E-state index in [1.54, 1.807) is 0 Å². The molecule has 1 fully saturated rings. The van der Waals surface area contributed by atoms with Gasteiger partial charge >= 0.3 is 5.97 Å². The molecular formula is C40H52O3. The van der Waals surface area contributed by atoms with Crippen LogP contribution in [0, 0.1) is 23.7 Å². The molecule has 43 heavy (non-hydrogen) atoms. The van der Waals surface area contributed by atoms with Crippen LogP contribution in [0.25, 0.3) is 0 Å². The number of hydrogen-bond acceptors (Lipinski definition) is 2. The highest BCUT2D eigenvalue weighted by molar-refractivity contribution is 5.73. The van der Waals surface area contributed by atoms with Crippen molar-refractivity contribution in [2.75, 3.05) is 0 Å². The first kappa shape index (κ1) is 30.2. The van der Waals surface area contributed by atoms with Crippen LogP contribution in [0.1, 0.15) is 124 Å². The largest absolute Gasteiger partial charge is 0.508 e. The van der Waals surface area contributed by atoms with Crippen LogP contribution in [0.5, 0.6) is 5.75 Å². The van der Waals surface area contributed by atoms with Gasteiger partial charge in [-0.15, -0.1) is 0 Å². The molecule has 2 bridgehead atoms. The fourth-order valence-electron chi connectivity index (χ4n) is 9.56. The summed E-state index contributed by atoms with van der Waals surface area (Å²) in [5.41, 5.74) is 5.16. The Labute approximate surface area is 259 Å². The van der Waals surface area contributed by atoms with Crippen LogP contribution in [0.4, 0.5) is 0 Å². The number of carbonyl (C=O) groups is 1. The van der Waals surface area contributed by atoms with Gasteiger partial charge in [-0.1, -0.05) is 93.2 Å². The van der Waals surface area contributed by atoms with E-state index in [1.165, 1.54) is 80.0 Å². The third kappa shape index (κ3) is 6.66. The predicted molar refractivity (Wildman–Crippen MR) is 176 cm³/mol. The first-order valence-electron chi connectivity index (χ1n) is 17.5. The summed E-state index contributed by atoms with van der Waals surface area (Å²) in [4.78, 5) is 13.0. The maximum absolute atomic E-state index is 13.0. The van der Waals surface area contributed by atoms with E-state index in [9.17, 15) is 15.0 Å². The van der Waals surface area contributed by atoms with E-state index in [-0.39, 0.29) is 11.3 Å². The molecule has 2 N–H and O–H groups in total. The first-order valence-corrected chi connectivity index (χ1v) is 17.5. The van der Waals surface area contributed by atoms with Crippen molar-refractivity contribution in [3.05, 3.63) is 89.0 Å². The van der Waals surface area contributed by atoms with Crippen LogP contribution in [-0.4, -0.2) is 16.2 Å². The van der Waals surface area contributed by atoms with Gasteiger partial charge in [0.1, 0.15) is 5.75 Å². The molecule has 0 unspecified atom stereocenters. The molecule has 0 heterocycles. The Morgan fingerprint density at radius 1 is 0.860 bits per heavy atom.